The minimum Gasteiger partial charge on any atom is -0.310 e. The lowest BCUT2D eigenvalue weighted by Crippen LogP contribution is -2.05. The fourth-order valence-electron chi connectivity index (χ4n) is 1.59. The molecule has 2 heterocycles. The van der Waals surface area contributed by atoms with Crippen molar-refractivity contribution in [2.45, 2.75) is 32.6 Å². The van der Waals surface area contributed by atoms with Gasteiger partial charge in [-0.15, -0.1) is 0 Å². The van der Waals surface area contributed by atoms with Gasteiger partial charge >= 0.3 is 0 Å². The predicted molar refractivity (Wildman–Crippen MR) is 55.3 cm³/mol. The molecule has 74 valence electrons. The van der Waals surface area contributed by atoms with Gasteiger partial charge in [0.2, 0.25) is 5.91 Å². The Morgan fingerprint density at radius 3 is 3.07 bits per heavy atom. The molecule has 3 nitrogen and oxygen atoms in total. The summed E-state index contributed by atoms with van der Waals surface area (Å²) in [6.45, 7) is 4.28. The molecule has 1 aromatic rings. The highest BCUT2D eigenvalue weighted by Crippen LogP contribution is 2.24. The number of nitrogens with one attached hydrogen (secondary N) is 1. The second-order valence-corrected chi connectivity index (χ2v) is 3.78. The molecule has 0 aliphatic carbocycles. The summed E-state index contributed by atoms with van der Waals surface area (Å²) in [7, 11) is 0. The summed E-state index contributed by atoms with van der Waals surface area (Å²) in [6.07, 6.45) is 1.54. The summed E-state index contributed by atoms with van der Waals surface area (Å²) in [5.74, 6) is 1.26. The average Bonchev–Trinajstić information content (AvgIpc) is 2.55. The van der Waals surface area contributed by atoms with E-state index in [-0.39, 0.29) is 5.91 Å². The molecule has 1 aromatic heterocycles. The lowest BCUT2D eigenvalue weighted by Gasteiger charge is -2.08. The number of aromatic nitrogens is 1. The molecule has 0 spiro atoms. The molecule has 0 aromatic carbocycles. The van der Waals surface area contributed by atoms with Gasteiger partial charge in [-0.2, -0.15) is 0 Å². The molecule has 14 heavy (non-hydrogen) atoms. The third kappa shape index (κ3) is 1.50. The maximum absolute atomic E-state index is 11.1. The molecule has 0 bridgehead atoms. The number of pyridine rings is 1. The van der Waals surface area contributed by atoms with Crippen molar-refractivity contribution in [3.63, 3.8) is 0 Å². The SMILES string of the molecule is CCC(C)c1ccc2c(n1)NC(=O)C2. The zero-order chi connectivity index (χ0) is 10.1. The second-order valence-electron chi connectivity index (χ2n) is 3.78. The number of anilines is 1. The Morgan fingerprint density at radius 1 is 1.57 bits per heavy atom. The van der Waals surface area contributed by atoms with Crippen molar-refractivity contribution < 1.29 is 4.79 Å². The van der Waals surface area contributed by atoms with Gasteiger partial charge in [-0.1, -0.05) is 19.9 Å². The van der Waals surface area contributed by atoms with Gasteiger partial charge in [-0.05, 0) is 18.4 Å². The van der Waals surface area contributed by atoms with E-state index in [0.29, 0.717) is 12.3 Å². The topological polar surface area (TPSA) is 42.0 Å². The Labute approximate surface area is 83.5 Å². The third-order valence-corrected chi connectivity index (χ3v) is 2.73. The minimum absolute atomic E-state index is 0.0498. The van der Waals surface area contributed by atoms with Crippen molar-refractivity contribution in [3.8, 4) is 0 Å². The van der Waals surface area contributed by atoms with Crippen molar-refractivity contribution in [2.24, 2.45) is 0 Å². The van der Waals surface area contributed by atoms with Gasteiger partial charge in [0, 0.05) is 11.3 Å². The smallest absolute Gasteiger partial charge is 0.230 e. The number of amides is 1. The number of carbonyl (C=O) groups excluding carboxylic acids is 1. The lowest BCUT2D eigenvalue weighted by atomic mass is 10.0. The summed E-state index contributed by atoms with van der Waals surface area (Å²) in [5, 5.41) is 2.77. The van der Waals surface area contributed by atoms with E-state index in [1.165, 1.54) is 0 Å². The fraction of sp³-hybridized carbons (Fsp3) is 0.455. The number of fused-ring (bicyclic) bond motifs is 1. The molecular weight excluding hydrogens is 176 g/mol. The highest BCUT2D eigenvalue weighted by molar-refractivity contribution is 5.97. The van der Waals surface area contributed by atoms with Crippen LogP contribution in [0.25, 0.3) is 0 Å². The number of hydrogen-bond donors (Lipinski definition) is 1. The molecule has 1 atom stereocenters. The van der Waals surface area contributed by atoms with Crippen LogP contribution < -0.4 is 5.32 Å². The average molecular weight is 190 g/mol. The zero-order valence-corrected chi connectivity index (χ0v) is 8.50. The van der Waals surface area contributed by atoms with E-state index in [2.05, 4.69) is 24.1 Å². The number of nitrogens with zero attached hydrogens (tertiary/aromatic N) is 1. The molecule has 0 radical (unpaired) electrons. The minimum atomic E-state index is 0.0498. The Kier molecular flexibility index (Phi) is 2.23. The van der Waals surface area contributed by atoms with Crippen LogP contribution in [0.4, 0.5) is 5.82 Å². The summed E-state index contributed by atoms with van der Waals surface area (Å²) in [4.78, 5) is 15.5. The molecule has 0 saturated heterocycles. The van der Waals surface area contributed by atoms with Gasteiger partial charge in [-0.25, -0.2) is 4.98 Å². The summed E-state index contributed by atoms with van der Waals surface area (Å²) in [6, 6.07) is 4.02. The number of rotatable bonds is 2. The first kappa shape index (κ1) is 9.19. The molecule has 1 aliphatic heterocycles. The second kappa shape index (κ2) is 3.40. The largest absolute Gasteiger partial charge is 0.310 e. The van der Waals surface area contributed by atoms with E-state index in [4.69, 9.17) is 0 Å². The summed E-state index contributed by atoms with van der Waals surface area (Å²) >= 11 is 0. The van der Waals surface area contributed by atoms with E-state index >= 15 is 0 Å². The van der Waals surface area contributed by atoms with E-state index in [1.54, 1.807) is 0 Å². The molecular formula is C11H14N2O. The van der Waals surface area contributed by atoms with Crippen LogP contribution in [-0.4, -0.2) is 10.9 Å². The van der Waals surface area contributed by atoms with Crippen LogP contribution in [0.1, 0.15) is 37.4 Å². The molecule has 1 unspecified atom stereocenters. The van der Waals surface area contributed by atoms with Crippen molar-refractivity contribution in [3.05, 3.63) is 23.4 Å². The van der Waals surface area contributed by atoms with Gasteiger partial charge in [0.05, 0.1) is 6.42 Å². The Bertz CT molecular complexity index is 374. The van der Waals surface area contributed by atoms with Crippen LogP contribution in [0, 0.1) is 0 Å². The molecule has 1 aliphatic rings. The van der Waals surface area contributed by atoms with Gasteiger partial charge < -0.3 is 5.32 Å². The molecule has 1 amide bonds. The monoisotopic (exact) mass is 190 g/mol. The maximum atomic E-state index is 11.1. The normalized spacial score (nSPS) is 16.3. The molecule has 1 N–H and O–H groups in total. The van der Waals surface area contributed by atoms with Crippen LogP contribution in [-0.2, 0) is 11.2 Å². The first-order valence-corrected chi connectivity index (χ1v) is 5.00. The summed E-state index contributed by atoms with van der Waals surface area (Å²) < 4.78 is 0. The molecule has 0 saturated carbocycles. The number of hydrogen-bond acceptors (Lipinski definition) is 2. The molecule has 3 heteroatoms. The van der Waals surface area contributed by atoms with Gasteiger partial charge in [0.1, 0.15) is 5.82 Å². The maximum Gasteiger partial charge on any atom is 0.230 e. The predicted octanol–water partition coefficient (Wildman–Crippen LogP) is 2.09. The van der Waals surface area contributed by atoms with Crippen LogP contribution >= 0.6 is 0 Å². The van der Waals surface area contributed by atoms with Crippen LogP contribution in [0.15, 0.2) is 12.1 Å². The van der Waals surface area contributed by atoms with Crippen molar-refractivity contribution in [1.29, 1.82) is 0 Å². The Morgan fingerprint density at radius 2 is 2.36 bits per heavy atom. The molecule has 2 rings (SSSR count). The van der Waals surface area contributed by atoms with E-state index in [9.17, 15) is 4.79 Å². The van der Waals surface area contributed by atoms with Gasteiger partial charge in [-0.3, -0.25) is 4.79 Å². The van der Waals surface area contributed by atoms with Gasteiger partial charge in [0.25, 0.3) is 0 Å². The first-order chi connectivity index (χ1) is 6.70. The van der Waals surface area contributed by atoms with E-state index in [1.807, 2.05) is 12.1 Å². The van der Waals surface area contributed by atoms with Crippen molar-refractivity contribution in [1.82, 2.24) is 4.98 Å². The first-order valence-electron chi connectivity index (χ1n) is 5.00. The highest BCUT2D eigenvalue weighted by Gasteiger charge is 2.19. The van der Waals surface area contributed by atoms with Crippen molar-refractivity contribution in [2.75, 3.05) is 5.32 Å². The third-order valence-electron chi connectivity index (χ3n) is 2.73. The zero-order valence-electron chi connectivity index (χ0n) is 8.50. The van der Waals surface area contributed by atoms with E-state index in [0.717, 1.165) is 23.5 Å². The highest BCUT2D eigenvalue weighted by atomic mass is 16.1. The number of carbonyl (C=O) groups is 1. The Balaban J connectivity index is 2.32. The standard InChI is InChI=1S/C11H14N2O/c1-3-7(2)9-5-4-8-6-10(14)13-11(8)12-9/h4-5,7H,3,6H2,1-2H3,(H,12,13,14). The lowest BCUT2D eigenvalue weighted by molar-refractivity contribution is -0.115. The van der Waals surface area contributed by atoms with Crippen LogP contribution in [0.3, 0.4) is 0 Å². The van der Waals surface area contributed by atoms with Crippen molar-refractivity contribution >= 4 is 11.7 Å². The summed E-state index contributed by atoms with van der Waals surface area (Å²) in [5.41, 5.74) is 2.08. The van der Waals surface area contributed by atoms with Crippen LogP contribution in [0.2, 0.25) is 0 Å². The molecule has 0 fully saturated rings. The quantitative estimate of drug-likeness (QED) is 0.775. The Hall–Kier alpha value is -1.38. The van der Waals surface area contributed by atoms with E-state index < -0.39 is 0 Å². The van der Waals surface area contributed by atoms with Gasteiger partial charge in [0.15, 0.2) is 0 Å². The van der Waals surface area contributed by atoms with Crippen LogP contribution in [0.5, 0.6) is 0 Å². The fourth-order valence-corrected chi connectivity index (χ4v) is 1.59.